The Morgan fingerprint density at radius 1 is 0.806 bits per heavy atom. The Morgan fingerprint density at radius 2 is 1.47 bits per heavy atom. The summed E-state index contributed by atoms with van der Waals surface area (Å²) in [5, 5.41) is 8.49. The van der Waals surface area contributed by atoms with Crippen LogP contribution in [0, 0.1) is 5.92 Å². The Morgan fingerprint density at radius 3 is 2.17 bits per heavy atom. The fraction of sp³-hybridized carbons (Fsp3) is 0.250. The molecule has 3 aromatic rings. The predicted octanol–water partition coefficient (Wildman–Crippen LogP) is 4.63. The van der Waals surface area contributed by atoms with Crippen molar-refractivity contribution in [2.45, 2.75) is 26.8 Å². The SMILES string of the molecule is COc1cccc(NC(=O)COc2ccc(C(=O)NCc3cccc(NC(=O)CC(C)C)c3)cc2)c1. The molecule has 0 aliphatic rings. The van der Waals surface area contributed by atoms with Crippen LogP contribution < -0.4 is 25.4 Å². The molecule has 3 rings (SSSR count). The maximum absolute atomic E-state index is 12.5. The van der Waals surface area contributed by atoms with Crippen LogP contribution in [0.1, 0.15) is 36.2 Å². The van der Waals surface area contributed by atoms with Gasteiger partial charge in [-0.25, -0.2) is 0 Å². The summed E-state index contributed by atoms with van der Waals surface area (Å²) in [5.41, 5.74) is 2.64. The van der Waals surface area contributed by atoms with Crippen LogP contribution in [0.5, 0.6) is 11.5 Å². The molecule has 0 saturated carbocycles. The van der Waals surface area contributed by atoms with E-state index in [2.05, 4.69) is 16.0 Å². The van der Waals surface area contributed by atoms with Gasteiger partial charge in [-0.3, -0.25) is 14.4 Å². The van der Waals surface area contributed by atoms with E-state index in [0.717, 1.165) is 5.56 Å². The minimum Gasteiger partial charge on any atom is -0.497 e. The van der Waals surface area contributed by atoms with Gasteiger partial charge in [-0.15, -0.1) is 0 Å². The molecule has 0 fully saturated rings. The first-order valence-corrected chi connectivity index (χ1v) is 11.7. The molecule has 0 spiro atoms. The van der Waals surface area contributed by atoms with Gasteiger partial charge in [0.1, 0.15) is 11.5 Å². The summed E-state index contributed by atoms with van der Waals surface area (Å²) in [6.45, 7) is 4.12. The molecular weight excluding hydrogens is 458 g/mol. The molecule has 0 heterocycles. The Hall–Kier alpha value is -4.33. The highest BCUT2D eigenvalue weighted by molar-refractivity contribution is 5.94. The normalized spacial score (nSPS) is 10.4. The highest BCUT2D eigenvalue weighted by atomic mass is 16.5. The van der Waals surface area contributed by atoms with Gasteiger partial charge < -0.3 is 25.4 Å². The predicted molar refractivity (Wildman–Crippen MR) is 139 cm³/mol. The van der Waals surface area contributed by atoms with Crippen LogP contribution in [-0.2, 0) is 16.1 Å². The Labute approximate surface area is 211 Å². The van der Waals surface area contributed by atoms with E-state index in [1.807, 2.05) is 38.1 Å². The van der Waals surface area contributed by atoms with E-state index >= 15 is 0 Å². The van der Waals surface area contributed by atoms with Gasteiger partial charge in [-0.05, 0) is 60.0 Å². The summed E-state index contributed by atoms with van der Waals surface area (Å²) in [4.78, 5) is 36.7. The van der Waals surface area contributed by atoms with Crippen LogP contribution in [0.4, 0.5) is 11.4 Å². The number of methoxy groups -OCH3 is 1. The second-order valence-electron chi connectivity index (χ2n) is 8.62. The molecule has 0 bridgehead atoms. The molecule has 0 aliphatic carbocycles. The van der Waals surface area contributed by atoms with E-state index in [4.69, 9.17) is 9.47 Å². The van der Waals surface area contributed by atoms with Gasteiger partial charge in [0.2, 0.25) is 5.91 Å². The first-order valence-electron chi connectivity index (χ1n) is 11.7. The van der Waals surface area contributed by atoms with E-state index in [1.165, 1.54) is 0 Å². The van der Waals surface area contributed by atoms with Crippen molar-refractivity contribution in [3.8, 4) is 11.5 Å². The summed E-state index contributed by atoms with van der Waals surface area (Å²) in [6, 6.07) is 21.0. The fourth-order valence-electron chi connectivity index (χ4n) is 3.38. The number of hydrogen-bond acceptors (Lipinski definition) is 5. The first kappa shape index (κ1) is 26.3. The number of carbonyl (C=O) groups is 3. The zero-order chi connectivity index (χ0) is 25.9. The second kappa shape index (κ2) is 12.9. The van der Waals surface area contributed by atoms with Gasteiger partial charge in [-0.2, -0.15) is 0 Å². The van der Waals surface area contributed by atoms with E-state index in [9.17, 15) is 14.4 Å². The van der Waals surface area contributed by atoms with Gasteiger partial charge in [0, 0.05) is 36.0 Å². The molecule has 0 unspecified atom stereocenters. The van der Waals surface area contributed by atoms with E-state index in [1.54, 1.807) is 55.6 Å². The molecule has 0 atom stereocenters. The van der Waals surface area contributed by atoms with Crippen molar-refractivity contribution in [1.29, 1.82) is 0 Å². The monoisotopic (exact) mass is 489 g/mol. The zero-order valence-corrected chi connectivity index (χ0v) is 20.7. The highest BCUT2D eigenvalue weighted by Crippen LogP contribution is 2.17. The number of ether oxygens (including phenoxy) is 2. The molecule has 8 heteroatoms. The standard InChI is InChI=1S/C28H31N3O5/c1-19(2)14-26(32)30-22-7-4-6-20(15-22)17-29-28(34)21-10-12-24(13-11-21)36-18-27(33)31-23-8-5-9-25(16-23)35-3/h4-13,15-16,19H,14,17-18H2,1-3H3,(H,29,34)(H,30,32)(H,31,33). The number of anilines is 2. The van der Waals surface area contributed by atoms with Gasteiger partial charge in [-0.1, -0.05) is 32.0 Å². The number of hydrogen-bond donors (Lipinski definition) is 3. The van der Waals surface area contributed by atoms with Gasteiger partial charge in [0.25, 0.3) is 11.8 Å². The smallest absolute Gasteiger partial charge is 0.262 e. The molecule has 0 aliphatic heterocycles. The van der Waals surface area contributed by atoms with Crippen LogP contribution in [0.3, 0.4) is 0 Å². The summed E-state index contributed by atoms with van der Waals surface area (Å²) < 4.78 is 10.7. The lowest BCUT2D eigenvalue weighted by atomic mass is 10.1. The van der Waals surface area contributed by atoms with E-state index in [-0.39, 0.29) is 30.2 Å². The van der Waals surface area contributed by atoms with Crippen molar-refractivity contribution in [2.75, 3.05) is 24.4 Å². The lowest BCUT2D eigenvalue weighted by Gasteiger charge is -2.10. The van der Waals surface area contributed by atoms with Crippen molar-refractivity contribution in [3.63, 3.8) is 0 Å². The van der Waals surface area contributed by atoms with Gasteiger partial charge in [0.05, 0.1) is 7.11 Å². The number of nitrogens with one attached hydrogen (secondary N) is 3. The average Bonchev–Trinajstić information content (AvgIpc) is 2.86. The van der Waals surface area contributed by atoms with Crippen molar-refractivity contribution in [3.05, 3.63) is 83.9 Å². The summed E-state index contributed by atoms with van der Waals surface area (Å²) in [6.07, 6.45) is 0.452. The average molecular weight is 490 g/mol. The number of carbonyl (C=O) groups excluding carboxylic acids is 3. The highest BCUT2D eigenvalue weighted by Gasteiger charge is 2.09. The lowest BCUT2D eigenvalue weighted by molar-refractivity contribution is -0.118. The van der Waals surface area contributed by atoms with E-state index in [0.29, 0.717) is 41.4 Å². The maximum Gasteiger partial charge on any atom is 0.262 e. The van der Waals surface area contributed by atoms with Crippen molar-refractivity contribution in [2.24, 2.45) is 5.92 Å². The number of benzene rings is 3. The molecule has 3 aromatic carbocycles. The fourth-order valence-corrected chi connectivity index (χ4v) is 3.38. The molecule has 0 radical (unpaired) electrons. The summed E-state index contributed by atoms with van der Waals surface area (Å²) >= 11 is 0. The van der Waals surface area contributed by atoms with Crippen LogP contribution in [0.2, 0.25) is 0 Å². The lowest BCUT2D eigenvalue weighted by Crippen LogP contribution is -2.23. The van der Waals surface area contributed by atoms with Crippen LogP contribution >= 0.6 is 0 Å². The third-order valence-electron chi connectivity index (χ3n) is 5.10. The Kier molecular flexibility index (Phi) is 9.45. The van der Waals surface area contributed by atoms with Gasteiger partial charge in [0.15, 0.2) is 6.61 Å². The number of amides is 3. The third-order valence-corrected chi connectivity index (χ3v) is 5.10. The zero-order valence-electron chi connectivity index (χ0n) is 20.7. The molecule has 0 aromatic heterocycles. The van der Waals surface area contributed by atoms with Crippen LogP contribution in [-0.4, -0.2) is 31.4 Å². The Bertz CT molecular complexity index is 1190. The van der Waals surface area contributed by atoms with Crippen molar-refractivity contribution in [1.82, 2.24) is 5.32 Å². The topological polar surface area (TPSA) is 106 Å². The number of rotatable bonds is 11. The van der Waals surface area contributed by atoms with Crippen LogP contribution in [0.25, 0.3) is 0 Å². The minimum atomic E-state index is -0.312. The first-order chi connectivity index (χ1) is 17.3. The summed E-state index contributed by atoms with van der Waals surface area (Å²) in [7, 11) is 1.56. The molecule has 3 N–H and O–H groups in total. The molecule has 36 heavy (non-hydrogen) atoms. The molecule has 188 valence electrons. The maximum atomic E-state index is 12.5. The van der Waals surface area contributed by atoms with Crippen molar-refractivity contribution < 1.29 is 23.9 Å². The Balaban J connectivity index is 1.46. The largest absolute Gasteiger partial charge is 0.497 e. The van der Waals surface area contributed by atoms with E-state index < -0.39 is 0 Å². The third kappa shape index (κ3) is 8.47. The molecule has 0 saturated heterocycles. The van der Waals surface area contributed by atoms with Gasteiger partial charge >= 0.3 is 0 Å². The minimum absolute atomic E-state index is 0.0359. The molecular formula is C28H31N3O5. The molecule has 3 amide bonds. The summed E-state index contributed by atoms with van der Waals surface area (Å²) in [5.74, 6) is 0.798. The second-order valence-corrected chi connectivity index (χ2v) is 8.62. The van der Waals surface area contributed by atoms with Crippen LogP contribution in [0.15, 0.2) is 72.8 Å². The molecule has 8 nitrogen and oxygen atoms in total. The van der Waals surface area contributed by atoms with Crippen molar-refractivity contribution >= 4 is 29.1 Å². The quantitative estimate of drug-likeness (QED) is 0.364.